The van der Waals surface area contributed by atoms with E-state index in [4.69, 9.17) is 5.73 Å². The van der Waals surface area contributed by atoms with Crippen molar-refractivity contribution in [3.05, 3.63) is 23.3 Å². The Bertz CT molecular complexity index is 587. The average molecular weight is 298 g/mol. The summed E-state index contributed by atoms with van der Waals surface area (Å²) in [7, 11) is -3.57. The summed E-state index contributed by atoms with van der Waals surface area (Å²) < 4.78 is 27.6. The minimum absolute atomic E-state index is 0.0513. The second-order valence-corrected chi connectivity index (χ2v) is 8.25. The van der Waals surface area contributed by atoms with E-state index in [0.29, 0.717) is 17.8 Å². The summed E-state index contributed by atoms with van der Waals surface area (Å²) in [5.74, 6) is 0.226. The van der Waals surface area contributed by atoms with Crippen LogP contribution in [0.2, 0.25) is 0 Å². The van der Waals surface area contributed by atoms with Gasteiger partial charge in [-0.2, -0.15) is 0 Å². The standard InChI is InChI=1S/C15H26N2O2S/c1-10-7-8-13(16)14(12(10)3)20(18,19)17-9-11(2)15(4,5)6/h7-8,11,17H,9,16H2,1-6H3. The van der Waals surface area contributed by atoms with E-state index in [1.807, 2.05) is 19.9 Å². The molecule has 0 amide bonds. The number of anilines is 1. The first kappa shape index (κ1) is 17.0. The van der Waals surface area contributed by atoms with Crippen LogP contribution in [-0.4, -0.2) is 15.0 Å². The van der Waals surface area contributed by atoms with Crippen molar-refractivity contribution in [1.82, 2.24) is 4.72 Å². The van der Waals surface area contributed by atoms with E-state index < -0.39 is 10.0 Å². The van der Waals surface area contributed by atoms with Gasteiger partial charge in [-0.15, -0.1) is 0 Å². The minimum Gasteiger partial charge on any atom is -0.398 e. The molecule has 1 unspecified atom stereocenters. The third kappa shape index (κ3) is 3.73. The average Bonchev–Trinajstić information content (AvgIpc) is 2.30. The molecule has 0 spiro atoms. The molecule has 20 heavy (non-hydrogen) atoms. The lowest BCUT2D eigenvalue weighted by molar-refractivity contribution is 0.263. The Hall–Kier alpha value is -1.07. The van der Waals surface area contributed by atoms with Gasteiger partial charge in [0.25, 0.3) is 0 Å². The zero-order valence-corrected chi connectivity index (χ0v) is 14.1. The SMILES string of the molecule is Cc1ccc(N)c(S(=O)(=O)NCC(C)C(C)(C)C)c1C. The fourth-order valence-electron chi connectivity index (χ4n) is 1.78. The quantitative estimate of drug-likeness (QED) is 0.840. The summed E-state index contributed by atoms with van der Waals surface area (Å²) in [6.07, 6.45) is 0. The topological polar surface area (TPSA) is 72.2 Å². The summed E-state index contributed by atoms with van der Waals surface area (Å²) in [5, 5.41) is 0. The predicted molar refractivity (Wildman–Crippen MR) is 84.1 cm³/mol. The highest BCUT2D eigenvalue weighted by Crippen LogP contribution is 2.27. The van der Waals surface area contributed by atoms with Crippen LogP contribution in [0.1, 0.15) is 38.8 Å². The molecule has 0 fully saturated rings. The number of nitrogens with two attached hydrogens (primary N) is 1. The third-order valence-electron chi connectivity index (χ3n) is 4.03. The number of hydrogen-bond acceptors (Lipinski definition) is 3. The van der Waals surface area contributed by atoms with Crippen molar-refractivity contribution in [3.63, 3.8) is 0 Å². The molecule has 0 saturated carbocycles. The maximum Gasteiger partial charge on any atom is 0.242 e. The molecule has 1 rings (SSSR count). The molecule has 0 radical (unpaired) electrons. The lowest BCUT2D eigenvalue weighted by Gasteiger charge is -2.27. The first-order chi connectivity index (χ1) is 8.97. The fourth-order valence-corrected chi connectivity index (χ4v) is 3.34. The zero-order valence-electron chi connectivity index (χ0n) is 13.2. The van der Waals surface area contributed by atoms with Gasteiger partial charge in [-0.05, 0) is 42.4 Å². The number of sulfonamides is 1. The van der Waals surface area contributed by atoms with Crippen molar-refractivity contribution in [2.45, 2.75) is 46.4 Å². The van der Waals surface area contributed by atoms with E-state index in [1.54, 1.807) is 13.0 Å². The highest BCUT2D eigenvalue weighted by atomic mass is 32.2. The van der Waals surface area contributed by atoms with Crippen LogP contribution in [0.5, 0.6) is 0 Å². The van der Waals surface area contributed by atoms with Crippen LogP contribution in [0.4, 0.5) is 5.69 Å². The van der Waals surface area contributed by atoms with E-state index in [2.05, 4.69) is 25.5 Å². The van der Waals surface area contributed by atoms with Crippen molar-refractivity contribution in [3.8, 4) is 0 Å². The zero-order chi connectivity index (χ0) is 15.7. The molecule has 1 aromatic rings. The van der Waals surface area contributed by atoms with Gasteiger partial charge >= 0.3 is 0 Å². The highest BCUT2D eigenvalue weighted by molar-refractivity contribution is 7.89. The molecule has 0 saturated heterocycles. The van der Waals surface area contributed by atoms with E-state index in [0.717, 1.165) is 5.56 Å². The molecule has 0 aromatic heterocycles. The molecule has 114 valence electrons. The maximum absolute atomic E-state index is 12.5. The van der Waals surface area contributed by atoms with Crippen LogP contribution >= 0.6 is 0 Å². The number of benzene rings is 1. The summed E-state index contributed by atoms with van der Waals surface area (Å²) in [5.41, 5.74) is 7.83. The molecule has 1 atom stereocenters. The van der Waals surface area contributed by atoms with Crippen molar-refractivity contribution in [2.24, 2.45) is 11.3 Å². The molecule has 1 aromatic carbocycles. The van der Waals surface area contributed by atoms with Gasteiger partial charge in [-0.1, -0.05) is 33.8 Å². The fraction of sp³-hybridized carbons (Fsp3) is 0.600. The summed E-state index contributed by atoms with van der Waals surface area (Å²) >= 11 is 0. The molecule has 0 aliphatic heterocycles. The molecule has 5 heteroatoms. The van der Waals surface area contributed by atoms with Crippen LogP contribution < -0.4 is 10.5 Å². The molecule has 0 aliphatic carbocycles. The second kappa shape index (κ2) is 5.74. The first-order valence-corrected chi connectivity index (χ1v) is 8.30. The second-order valence-electron chi connectivity index (χ2n) is 6.54. The van der Waals surface area contributed by atoms with Gasteiger partial charge in [0, 0.05) is 6.54 Å². The normalized spacial score (nSPS) is 14.3. The van der Waals surface area contributed by atoms with E-state index >= 15 is 0 Å². The largest absolute Gasteiger partial charge is 0.398 e. The highest BCUT2D eigenvalue weighted by Gasteiger charge is 2.25. The van der Waals surface area contributed by atoms with Crippen molar-refractivity contribution < 1.29 is 8.42 Å². The van der Waals surface area contributed by atoms with E-state index in [1.165, 1.54) is 0 Å². The Morgan fingerprint density at radius 3 is 2.30 bits per heavy atom. The van der Waals surface area contributed by atoms with Crippen LogP contribution in [0.15, 0.2) is 17.0 Å². The van der Waals surface area contributed by atoms with Crippen LogP contribution in [0.25, 0.3) is 0 Å². The summed E-state index contributed by atoms with van der Waals surface area (Å²) in [6, 6.07) is 3.48. The first-order valence-electron chi connectivity index (χ1n) is 6.82. The Morgan fingerprint density at radius 2 is 1.80 bits per heavy atom. The minimum atomic E-state index is -3.57. The Balaban J connectivity index is 3.05. The van der Waals surface area contributed by atoms with E-state index in [9.17, 15) is 8.42 Å². The van der Waals surface area contributed by atoms with Gasteiger partial charge in [0.1, 0.15) is 4.90 Å². The van der Waals surface area contributed by atoms with E-state index in [-0.39, 0.29) is 16.2 Å². The third-order valence-corrected chi connectivity index (χ3v) is 5.66. The van der Waals surface area contributed by atoms with Gasteiger partial charge in [-0.3, -0.25) is 0 Å². The molecule has 0 aliphatic rings. The number of hydrogen-bond donors (Lipinski definition) is 2. The van der Waals surface area contributed by atoms with Gasteiger partial charge in [0.15, 0.2) is 0 Å². The summed E-state index contributed by atoms with van der Waals surface area (Å²) in [6.45, 7) is 12.4. The van der Waals surface area contributed by atoms with Gasteiger partial charge in [0.05, 0.1) is 5.69 Å². The molecule has 0 bridgehead atoms. The maximum atomic E-state index is 12.5. The Kier molecular flexibility index (Phi) is 4.87. The molecular formula is C15H26N2O2S. The monoisotopic (exact) mass is 298 g/mol. The van der Waals surface area contributed by atoms with Gasteiger partial charge < -0.3 is 5.73 Å². The lowest BCUT2D eigenvalue weighted by atomic mass is 9.82. The lowest BCUT2D eigenvalue weighted by Crippen LogP contribution is -2.34. The number of nitrogens with one attached hydrogen (secondary N) is 1. The molecule has 4 nitrogen and oxygen atoms in total. The number of nitrogen functional groups attached to an aromatic ring is 1. The number of aryl methyl sites for hydroxylation is 1. The van der Waals surface area contributed by atoms with Crippen molar-refractivity contribution >= 4 is 15.7 Å². The van der Waals surface area contributed by atoms with Gasteiger partial charge in [-0.25, -0.2) is 13.1 Å². The molecule has 0 heterocycles. The number of rotatable bonds is 4. The Morgan fingerprint density at radius 1 is 1.25 bits per heavy atom. The molecule has 3 N–H and O–H groups in total. The van der Waals surface area contributed by atoms with Crippen LogP contribution in [-0.2, 0) is 10.0 Å². The van der Waals surface area contributed by atoms with Crippen molar-refractivity contribution in [1.29, 1.82) is 0 Å². The van der Waals surface area contributed by atoms with Crippen LogP contribution in [0, 0.1) is 25.2 Å². The Labute approximate surface area is 122 Å². The smallest absolute Gasteiger partial charge is 0.242 e. The molecular weight excluding hydrogens is 272 g/mol. The summed E-state index contributed by atoms with van der Waals surface area (Å²) in [4.78, 5) is 0.207. The van der Waals surface area contributed by atoms with Crippen molar-refractivity contribution in [2.75, 3.05) is 12.3 Å². The van der Waals surface area contributed by atoms with Crippen LogP contribution in [0.3, 0.4) is 0 Å². The predicted octanol–water partition coefficient (Wildman–Crippen LogP) is 2.85. The van der Waals surface area contributed by atoms with Gasteiger partial charge in [0.2, 0.25) is 10.0 Å².